The van der Waals surface area contributed by atoms with Gasteiger partial charge < -0.3 is 15.2 Å². The Morgan fingerprint density at radius 2 is 1.90 bits per heavy atom. The van der Waals surface area contributed by atoms with E-state index in [0.29, 0.717) is 19.8 Å². The topological polar surface area (TPSA) is 44.5 Å². The molecule has 1 aliphatic heterocycles. The Balaban J connectivity index is 2.10. The first-order valence-electron chi connectivity index (χ1n) is 7.47. The van der Waals surface area contributed by atoms with Gasteiger partial charge in [-0.1, -0.05) is 19.3 Å². The molecule has 0 atom stereocenters. The van der Waals surface area contributed by atoms with E-state index in [1.807, 2.05) is 0 Å². The molecule has 20 heavy (non-hydrogen) atoms. The monoisotopic (exact) mass is 339 g/mol. The van der Waals surface area contributed by atoms with Crippen molar-refractivity contribution in [1.29, 1.82) is 0 Å². The normalized spacial score (nSPS) is 20.8. The third kappa shape index (κ3) is 2.23. The van der Waals surface area contributed by atoms with E-state index in [1.54, 1.807) is 0 Å². The summed E-state index contributed by atoms with van der Waals surface area (Å²) in [5.74, 6) is 1.71. The zero-order valence-electron chi connectivity index (χ0n) is 12.0. The van der Waals surface area contributed by atoms with Crippen LogP contribution in [0.5, 0.6) is 11.5 Å². The molecule has 0 bridgehead atoms. The molecule has 2 aliphatic rings. The molecule has 0 saturated heterocycles. The molecule has 3 rings (SSSR count). The summed E-state index contributed by atoms with van der Waals surface area (Å²) in [7, 11) is 0. The lowest BCUT2D eigenvalue weighted by molar-refractivity contribution is 0.169. The highest BCUT2D eigenvalue weighted by atomic mass is 79.9. The Morgan fingerprint density at radius 1 is 1.20 bits per heavy atom. The van der Waals surface area contributed by atoms with Gasteiger partial charge in [-0.3, -0.25) is 0 Å². The standard InChI is InChI=1S/C16H22BrNO2/c1-11-12(16(10-18)5-3-2-4-6-16)9-13-15(14(11)17)20-8-7-19-13/h9H,2-8,10,18H2,1H3. The maximum absolute atomic E-state index is 6.18. The molecule has 1 saturated carbocycles. The molecule has 1 aromatic rings. The maximum atomic E-state index is 6.18. The second-order valence-electron chi connectivity index (χ2n) is 5.93. The molecule has 0 aromatic heterocycles. The van der Waals surface area contributed by atoms with Crippen LogP contribution in [0.3, 0.4) is 0 Å². The van der Waals surface area contributed by atoms with Gasteiger partial charge in [0.15, 0.2) is 11.5 Å². The van der Waals surface area contributed by atoms with Crippen LogP contribution in [0.25, 0.3) is 0 Å². The highest BCUT2D eigenvalue weighted by Gasteiger charge is 2.36. The fourth-order valence-corrected chi connectivity index (χ4v) is 4.12. The average Bonchev–Trinajstić information content (AvgIpc) is 2.51. The molecular formula is C16H22BrNO2. The summed E-state index contributed by atoms with van der Waals surface area (Å²) < 4.78 is 12.6. The molecule has 1 fully saturated rings. The molecule has 1 aromatic carbocycles. The number of nitrogens with two attached hydrogens (primary N) is 1. The minimum Gasteiger partial charge on any atom is -0.486 e. The van der Waals surface area contributed by atoms with Crippen molar-refractivity contribution in [2.45, 2.75) is 44.4 Å². The molecule has 4 heteroatoms. The summed E-state index contributed by atoms with van der Waals surface area (Å²) in [6.45, 7) is 4.10. The van der Waals surface area contributed by atoms with Gasteiger partial charge in [-0.2, -0.15) is 0 Å². The highest BCUT2D eigenvalue weighted by molar-refractivity contribution is 9.10. The maximum Gasteiger partial charge on any atom is 0.175 e. The Kier molecular flexibility index (Phi) is 3.95. The van der Waals surface area contributed by atoms with E-state index in [4.69, 9.17) is 15.2 Å². The van der Waals surface area contributed by atoms with Crippen LogP contribution < -0.4 is 15.2 Å². The van der Waals surface area contributed by atoms with Crippen molar-refractivity contribution >= 4 is 15.9 Å². The largest absolute Gasteiger partial charge is 0.486 e. The average molecular weight is 340 g/mol. The minimum atomic E-state index is 0.112. The highest BCUT2D eigenvalue weighted by Crippen LogP contribution is 2.48. The molecule has 0 radical (unpaired) electrons. The molecule has 0 amide bonds. The van der Waals surface area contributed by atoms with Gasteiger partial charge in [-0.15, -0.1) is 0 Å². The van der Waals surface area contributed by atoms with Crippen molar-refractivity contribution in [3.05, 3.63) is 21.7 Å². The lowest BCUT2D eigenvalue weighted by Crippen LogP contribution is -2.38. The third-order valence-corrected chi connectivity index (χ3v) is 5.75. The number of ether oxygens (including phenoxy) is 2. The predicted octanol–water partition coefficient (Wildman–Crippen LogP) is 3.69. The van der Waals surface area contributed by atoms with Crippen LogP contribution in [0.1, 0.15) is 43.2 Å². The van der Waals surface area contributed by atoms with Crippen molar-refractivity contribution < 1.29 is 9.47 Å². The van der Waals surface area contributed by atoms with Gasteiger partial charge in [0.1, 0.15) is 13.2 Å². The van der Waals surface area contributed by atoms with Crippen molar-refractivity contribution in [1.82, 2.24) is 0 Å². The van der Waals surface area contributed by atoms with Gasteiger partial charge in [0, 0.05) is 12.0 Å². The Hall–Kier alpha value is -0.740. The number of halogens is 1. The van der Waals surface area contributed by atoms with E-state index in [0.717, 1.165) is 16.0 Å². The number of hydrogen-bond acceptors (Lipinski definition) is 3. The Morgan fingerprint density at radius 3 is 2.60 bits per heavy atom. The van der Waals surface area contributed by atoms with Crippen LogP contribution >= 0.6 is 15.9 Å². The van der Waals surface area contributed by atoms with Crippen LogP contribution in [0.15, 0.2) is 10.5 Å². The van der Waals surface area contributed by atoms with E-state index in [-0.39, 0.29) is 5.41 Å². The number of benzene rings is 1. The van der Waals surface area contributed by atoms with Crippen LogP contribution in [0, 0.1) is 6.92 Å². The zero-order chi connectivity index (χ0) is 14.2. The number of hydrogen-bond donors (Lipinski definition) is 1. The molecule has 2 N–H and O–H groups in total. The lowest BCUT2D eigenvalue weighted by Gasteiger charge is -2.39. The molecule has 0 unspecified atom stereocenters. The quantitative estimate of drug-likeness (QED) is 0.893. The van der Waals surface area contributed by atoms with E-state index < -0.39 is 0 Å². The summed E-state index contributed by atoms with van der Waals surface area (Å²) in [5, 5.41) is 0. The Labute approximate surface area is 129 Å². The van der Waals surface area contributed by atoms with E-state index in [1.165, 1.54) is 43.2 Å². The third-order valence-electron chi connectivity index (χ3n) is 4.79. The van der Waals surface area contributed by atoms with E-state index in [9.17, 15) is 0 Å². The smallest absolute Gasteiger partial charge is 0.175 e. The van der Waals surface area contributed by atoms with Crippen LogP contribution in [0.2, 0.25) is 0 Å². The van der Waals surface area contributed by atoms with Crippen molar-refractivity contribution in [2.24, 2.45) is 5.73 Å². The second kappa shape index (κ2) is 5.57. The van der Waals surface area contributed by atoms with Crippen LogP contribution in [0.4, 0.5) is 0 Å². The fourth-order valence-electron chi connectivity index (χ4n) is 3.60. The SMILES string of the molecule is Cc1c(C2(CN)CCCCC2)cc2c(c1Br)OCCO2. The predicted molar refractivity (Wildman–Crippen MR) is 83.7 cm³/mol. The first-order chi connectivity index (χ1) is 9.68. The summed E-state index contributed by atoms with van der Waals surface area (Å²) >= 11 is 3.69. The molecule has 3 nitrogen and oxygen atoms in total. The minimum absolute atomic E-state index is 0.112. The molecule has 1 heterocycles. The van der Waals surface area contributed by atoms with Crippen LogP contribution in [-0.4, -0.2) is 19.8 Å². The molecular weight excluding hydrogens is 318 g/mol. The molecule has 110 valence electrons. The summed E-state index contributed by atoms with van der Waals surface area (Å²) in [6, 6.07) is 2.17. The van der Waals surface area contributed by atoms with Crippen molar-refractivity contribution in [3.63, 3.8) is 0 Å². The first kappa shape index (κ1) is 14.2. The van der Waals surface area contributed by atoms with Gasteiger partial charge in [0.2, 0.25) is 0 Å². The van der Waals surface area contributed by atoms with Gasteiger partial charge >= 0.3 is 0 Å². The van der Waals surface area contributed by atoms with Crippen molar-refractivity contribution in [3.8, 4) is 11.5 Å². The summed E-state index contributed by atoms with van der Waals surface area (Å²) in [5.41, 5.74) is 8.88. The van der Waals surface area contributed by atoms with Gasteiger partial charge in [-0.25, -0.2) is 0 Å². The first-order valence-corrected chi connectivity index (χ1v) is 8.26. The van der Waals surface area contributed by atoms with Gasteiger partial charge in [-0.05, 0) is 52.9 Å². The summed E-state index contributed by atoms with van der Waals surface area (Å²) in [6.07, 6.45) is 6.21. The van der Waals surface area contributed by atoms with Gasteiger partial charge in [0.05, 0.1) is 4.47 Å². The van der Waals surface area contributed by atoms with E-state index in [2.05, 4.69) is 28.9 Å². The van der Waals surface area contributed by atoms with Crippen LogP contribution in [-0.2, 0) is 5.41 Å². The molecule has 0 spiro atoms. The molecule has 1 aliphatic carbocycles. The fraction of sp³-hybridized carbons (Fsp3) is 0.625. The lowest BCUT2D eigenvalue weighted by atomic mass is 9.68. The second-order valence-corrected chi connectivity index (χ2v) is 6.73. The number of fused-ring (bicyclic) bond motifs is 1. The number of rotatable bonds is 2. The van der Waals surface area contributed by atoms with Crippen molar-refractivity contribution in [2.75, 3.05) is 19.8 Å². The Bertz CT molecular complexity index is 510. The summed E-state index contributed by atoms with van der Waals surface area (Å²) in [4.78, 5) is 0. The van der Waals surface area contributed by atoms with E-state index >= 15 is 0 Å². The van der Waals surface area contributed by atoms with Gasteiger partial charge in [0.25, 0.3) is 0 Å². The zero-order valence-corrected chi connectivity index (χ0v) is 13.6.